The van der Waals surface area contributed by atoms with Gasteiger partial charge in [-0.15, -0.1) is 0 Å². The molecule has 2 amide bonds. The van der Waals surface area contributed by atoms with Crippen LogP contribution in [-0.2, 0) is 0 Å². The van der Waals surface area contributed by atoms with E-state index in [4.69, 9.17) is 5.26 Å². The van der Waals surface area contributed by atoms with Crippen LogP contribution in [0.25, 0.3) is 0 Å². The predicted octanol–water partition coefficient (Wildman–Crippen LogP) is 2.09. The smallest absolute Gasteiger partial charge is 0.319 e. The van der Waals surface area contributed by atoms with E-state index in [0.29, 0.717) is 24.2 Å². The van der Waals surface area contributed by atoms with Crippen molar-refractivity contribution in [2.45, 2.75) is 26.4 Å². The molecule has 0 aromatic heterocycles. The number of hydrogen-bond donors (Lipinski definition) is 3. The topological polar surface area (TPSA) is 85.2 Å². The van der Waals surface area contributed by atoms with Gasteiger partial charge in [0.2, 0.25) is 0 Å². The number of anilines is 1. The molecule has 0 aliphatic rings. The normalized spacial score (nSPS) is 13.2. The van der Waals surface area contributed by atoms with Crippen molar-refractivity contribution in [2.75, 3.05) is 11.9 Å². The molecule has 102 valence electrons. The second-order valence-corrected chi connectivity index (χ2v) is 4.71. The van der Waals surface area contributed by atoms with Crippen molar-refractivity contribution in [1.29, 1.82) is 5.26 Å². The van der Waals surface area contributed by atoms with Crippen molar-refractivity contribution in [3.8, 4) is 6.07 Å². The lowest BCUT2D eigenvalue weighted by atomic mass is 10.1. The van der Waals surface area contributed by atoms with Crippen LogP contribution in [0.3, 0.4) is 0 Å². The second kappa shape index (κ2) is 7.39. The van der Waals surface area contributed by atoms with Crippen LogP contribution in [0.5, 0.6) is 0 Å². The molecule has 0 heterocycles. The Kier molecular flexibility index (Phi) is 5.83. The van der Waals surface area contributed by atoms with E-state index in [2.05, 4.69) is 10.6 Å². The maximum atomic E-state index is 11.6. The second-order valence-electron chi connectivity index (χ2n) is 4.71. The number of urea groups is 1. The van der Waals surface area contributed by atoms with Gasteiger partial charge in [0.25, 0.3) is 0 Å². The SMILES string of the molecule is CC(O)CC(C)CNC(=O)Nc1ccc(C#N)cc1. The van der Waals surface area contributed by atoms with Crippen molar-refractivity contribution in [2.24, 2.45) is 5.92 Å². The van der Waals surface area contributed by atoms with Crippen LogP contribution in [0.4, 0.5) is 10.5 Å². The Balaban J connectivity index is 2.36. The van der Waals surface area contributed by atoms with Crippen molar-refractivity contribution in [3.63, 3.8) is 0 Å². The number of aliphatic hydroxyl groups is 1. The number of benzene rings is 1. The number of nitrogens with zero attached hydrogens (tertiary/aromatic N) is 1. The zero-order valence-corrected chi connectivity index (χ0v) is 11.2. The molecule has 0 spiro atoms. The largest absolute Gasteiger partial charge is 0.393 e. The third-order valence-corrected chi connectivity index (χ3v) is 2.63. The molecule has 3 N–H and O–H groups in total. The highest BCUT2D eigenvalue weighted by Crippen LogP contribution is 2.09. The van der Waals surface area contributed by atoms with E-state index >= 15 is 0 Å². The Morgan fingerprint density at radius 1 is 1.37 bits per heavy atom. The van der Waals surface area contributed by atoms with Gasteiger partial charge in [0.05, 0.1) is 17.7 Å². The van der Waals surface area contributed by atoms with Gasteiger partial charge in [-0.1, -0.05) is 6.92 Å². The summed E-state index contributed by atoms with van der Waals surface area (Å²) in [5, 5.41) is 23.3. The fourth-order valence-electron chi connectivity index (χ4n) is 1.74. The summed E-state index contributed by atoms with van der Waals surface area (Å²) in [7, 11) is 0. The fourth-order valence-corrected chi connectivity index (χ4v) is 1.74. The summed E-state index contributed by atoms with van der Waals surface area (Å²) < 4.78 is 0. The molecule has 0 saturated carbocycles. The van der Waals surface area contributed by atoms with E-state index in [1.54, 1.807) is 31.2 Å². The first-order valence-electron chi connectivity index (χ1n) is 6.24. The number of aliphatic hydroxyl groups excluding tert-OH is 1. The zero-order chi connectivity index (χ0) is 14.3. The lowest BCUT2D eigenvalue weighted by Gasteiger charge is -2.14. The Morgan fingerprint density at radius 2 is 2.00 bits per heavy atom. The number of nitriles is 1. The number of carbonyl (C=O) groups is 1. The lowest BCUT2D eigenvalue weighted by molar-refractivity contribution is 0.163. The molecule has 0 radical (unpaired) electrons. The minimum atomic E-state index is -0.363. The van der Waals surface area contributed by atoms with Crippen LogP contribution in [0.15, 0.2) is 24.3 Å². The predicted molar refractivity (Wildman–Crippen MR) is 73.6 cm³/mol. The molecular weight excluding hydrogens is 242 g/mol. The number of rotatable bonds is 5. The third-order valence-electron chi connectivity index (χ3n) is 2.63. The summed E-state index contributed by atoms with van der Waals surface area (Å²) >= 11 is 0. The zero-order valence-electron chi connectivity index (χ0n) is 11.2. The highest BCUT2D eigenvalue weighted by atomic mass is 16.3. The van der Waals surface area contributed by atoms with E-state index in [1.165, 1.54) is 0 Å². The first-order valence-corrected chi connectivity index (χ1v) is 6.24. The average Bonchev–Trinajstić information content (AvgIpc) is 2.36. The van der Waals surface area contributed by atoms with Gasteiger partial charge in [-0.05, 0) is 43.5 Å². The average molecular weight is 261 g/mol. The lowest BCUT2D eigenvalue weighted by Crippen LogP contribution is -2.33. The maximum Gasteiger partial charge on any atom is 0.319 e. The highest BCUT2D eigenvalue weighted by molar-refractivity contribution is 5.89. The van der Waals surface area contributed by atoms with Crippen LogP contribution < -0.4 is 10.6 Å². The van der Waals surface area contributed by atoms with Gasteiger partial charge in [0.1, 0.15) is 0 Å². The van der Waals surface area contributed by atoms with Gasteiger partial charge in [-0.25, -0.2) is 4.79 Å². The summed E-state index contributed by atoms with van der Waals surface area (Å²) in [5.74, 6) is 0.215. The summed E-state index contributed by atoms with van der Waals surface area (Å²) in [6.07, 6.45) is 0.287. The maximum absolute atomic E-state index is 11.6. The highest BCUT2D eigenvalue weighted by Gasteiger charge is 2.08. The van der Waals surface area contributed by atoms with E-state index in [1.807, 2.05) is 13.0 Å². The standard InChI is InChI=1S/C14H19N3O2/c1-10(7-11(2)18)9-16-14(19)17-13-5-3-12(8-15)4-6-13/h3-6,10-11,18H,7,9H2,1-2H3,(H2,16,17,19). The van der Waals surface area contributed by atoms with Crippen molar-refractivity contribution >= 4 is 11.7 Å². The molecule has 1 aromatic rings. The van der Waals surface area contributed by atoms with E-state index in [-0.39, 0.29) is 18.1 Å². The molecule has 5 nitrogen and oxygen atoms in total. The Morgan fingerprint density at radius 3 is 2.53 bits per heavy atom. The van der Waals surface area contributed by atoms with Gasteiger partial charge in [-0.3, -0.25) is 0 Å². The monoisotopic (exact) mass is 261 g/mol. The summed E-state index contributed by atoms with van der Waals surface area (Å²) in [6, 6.07) is 8.37. The Hall–Kier alpha value is -2.06. The van der Waals surface area contributed by atoms with Gasteiger partial charge < -0.3 is 15.7 Å². The van der Waals surface area contributed by atoms with Crippen molar-refractivity contribution in [3.05, 3.63) is 29.8 Å². The van der Waals surface area contributed by atoms with Gasteiger partial charge >= 0.3 is 6.03 Å². The van der Waals surface area contributed by atoms with Crippen molar-refractivity contribution in [1.82, 2.24) is 5.32 Å². The number of carbonyl (C=O) groups excluding carboxylic acids is 1. The van der Waals surface area contributed by atoms with Crippen LogP contribution in [-0.4, -0.2) is 23.8 Å². The molecule has 0 aliphatic carbocycles. The molecule has 1 aromatic carbocycles. The van der Waals surface area contributed by atoms with Crippen molar-refractivity contribution < 1.29 is 9.90 Å². The minimum Gasteiger partial charge on any atom is -0.393 e. The molecule has 2 atom stereocenters. The van der Waals surface area contributed by atoms with E-state index < -0.39 is 0 Å². The molecule has 0 bridgehead atoms. The van der Waals surface area contributed by atoms with Gasteiger partial charge in [0.15, 0.2) is 0 Å². The number of nitrogens with one attached hydrogen (secondary N) is 2. The summed E-state index contributed by atoms with van der Waals surface area (Å²) in [4.78, 5) is 11.6. The number of amides is 2. The Bertz CT molecular complexity index is 449. The molecule has 2 unspecified atom stereocenters. The molecule has 19 heavy (non-hydrogen) atoms. The molecule has 1 rings (SSSR count). The minimum absolute atomic E-state index is 0.215. The van der Waals surface area contributed by atoms with Crippen LogP contribution >= 0.6 is 0 Å². The van der Waals surface area contributed by atoms with Gasteiger partial charge in [0, 0.05) is 12.2 Å². The van der Waals surface area contributed by atoms with Crippen LogP contribution in [0.1, 0.15) is 25.8 Å². The van der Waals surface area contributed by atoms with E-state index in [9.17, 15) is 9.90 Å². The summed E-state index contributed by atoms with van der Waals surface area (Å²) in [6.45, 7) is 4.20. The Labute approximate surface area is 113 Å². The first-order chi connectivity index (χ1) is 9.01. The van der Waals surface area contributed by atoms with Crippen LogP contribution in [0.2, 0.25) is 0 Å². The fraction of sp³-hybridized carbons (Fsp3) is 0.429. The molecule has 0 fully saturated rings. The molecule has 0 aliphatic heterocycles. The first kappa shape index (κ1) is 15.0. The van der Waals surface area contributed by atoms with Gasteiger partial charge in [-0.2, -0.15) is 5.26 Å². The number of hydrogen-bond acceptors (Lipinski definition) is 3. The van der Waals surface area contributed by atoms with Crippen LogP contribution in [0, 0.1) is 17.2 Å². The quantitative estimate of drug-likeness (QED) is 0.758. The molecular formula is C14H19N3O2. The molecule has 0 saturated heterocycles. The summed E-state index contributed by atoms with van der Waals surface area (Å²) in [5.41, 5.74) is 1.19. The molecule has 5 heteroatoms. The third kappa shape index (κ3) is 5.89. The van der Waals surface area contributed by atoms with E-state index in [0.717, 1.165) is 0 Å².